The van der Waals surface area contributed by atoms with E-state index < -0.39 is 0 Å². The number of phenols is 1. The van der Waals surface area contributed by atoms with Crippen LogP contribution in [0.1, 0.15) is 0 Å². The summed E-state index contributed by atoms with van der Waals surface area (Å²) in [6, 6.07) is 6.99. The van der Waals surface area contributed by atoms with E-state index in [4.69, 9.17) is 5.73 Å². The van der Waals surface area contributed by atoms with Crippen LogP contribution in [0.5, 0.6) is 5.75 Å². The second kappa shape index (κ2) is 3.06. The van der Waals surface area contributed by atoms with Crippen LogP contribution in [0.4, 0.5) is 5.69 Å². The third kappa shape index (κ3) is 1.42. The number of nitrogens with two attached hydrogens (primary N) is 1. The molecule has 0 radical (unpaired) electrons. The fourth-order valence-corrected chi connectivity index (χ4v) is 1.27. The lowest BCUT2D eigenvalue weighted by atomic mass is 10.1. The number of nitrogens with zero attached hydrogens (tertiary/aromatic N) is 2. The van der Waals surface area contributed by atoms with E-state index >= 15 is 0 Å². The number of anilines is 1. The molecule has 1 aromatic carbocycles. The number of hydrogen-bond acceptors (Lipinski definition) is 3. The Kier molecular flexibility index (Phi) is 1.89. The lowest BCUT2D eigenvalue weighted by molar-refractivity contribution is 0.478. The number of aromatic nitrogens is 2. The lowest BCUT2D eigenvalue weighted by Crippen LogP contribution is -1.89. The molecule has 1 heterocycles. The van der Waals surface area contributed by atoms with Gasteiger partial charge in [0.05, 0.1) is 11.4 Å². The zero-order valence-corrected chi connectivity index (χ0v) is 7.81. The van der Waals surface area contributed by atoms with Gasteiger partial charge in [-0.15, -0.1) is 0 Å². The molecule has 3 N–H and O–H groups in total. The van der Waals surface area contributed by atoms with E-state index in [0.29, 0.717) is 5.69 Å². The normalized spacial score (nSPS) is 10.4. The van der Waals surface area contributed by atoms with Gasteiger partial charge in [0, 0.05) is 18.8 Å². The Balaban J connectivity index is 2.47. The van der Waals surface area contributed by atoms with Crippen LogP contribution >= 0.6 is 0 Å². The van der Waals surface area contributed by atoms with Gasteiger partial charge in [0.1, 0.15) is 5.75 Å². The van der Waals surface area contributed by atoms with Gasteiger partial charge in [-0.2, -0.15) is 5.10 Å². The molecule has 0 bridgehead atoms. The van der Waals surface area contributed by atoms with E-state index in [2.05, 4.69) is 5.10 Å². The minimum Gasteiger partial charge on any atom is -0.506 e. The topological polar surface area (TPSA) is 64.1 Å². The predicted octanol–water partition coefficient (Wildman–Crippen LogP) is 1.37. The molecule has 0 fully saturated rings. The monoisotopic (exact) mass is 189 g/mol. The summed E-state index contributed by atoms with van der Waals surface area (Å²) in [5.74, 6) is 0.0909. The van der Waals surface area contributed by atoms with Crippen molar-refractivity contribution in [3.05, 3.63) is 30.5 Å². The molecule has 0 spiro atoms. The molecule has 72 valence electrons. The molecule has 0 saturated heterocycles. The van der Waals surface area contributed by atoms with E-state index in [1.807, 2.05) is 25.4 Å². The molecule has 0 saturated carbocycles. The van der Waals surface area contributed by atoms with Gasteiger partial charge in [0.2, 0.25) is 0 Å². The summed E-state index contributed by atoms with van der Waals surface area (Å²) in [6.45, 7) is 0. The first-order chi connectivity index (χ1) is 6.66. The maximum atomic E-state index is 9.41. The van der Waals surface area contributed by atoms with Gasteiger partial charge in [-0.25, -0.2) is 0 Å². The van der Waals surface area contributed by atoms with Gasteiger partial charge in [0.15, 0.2) is 0 Å². The van der Waals surface area contributed by atoms with E-state index in [1.54, 1.807) is 16.8 Å². The summed E-state index contributed by atoms with van der Waals surface area (Å²) in [5, 5.41) is 13.6. The Labute approximate surface area is 81.6 Å². The third-order valence-electron chi connectivity index (χ3n) is 2.04. The van der Waals surface area contributed by atoms with Crippen LogP contribution in [-0.4, -0.2) is 14.9 Å². The summed E-state index contributed by atoms with van der Waals surface area (Å²) < 4.78 is 1.71. The number of rotatable bonds is 1. The first kappa shape index (κ1) is 8.62. The molecule has 4 nitrogen and oxygen atoms in total. The number of nitrogen functional groups attached to an aromatic ring is 1. The van der Waals surface area contributed by atoms with Crippen LogP contribution in [-0.2, 0) is 7.05 Å². The first-order valence-corrected chi connectivity index (χ1v) is 4.25. The molecule has 1 aromatic heterocycles. The number of phenolic OH excluding ortho intramolecular Hbond substituents is 1. The van der Waals surface area contributed by atoms with Crippen molar-refractivity contribution < 1.29 is 5.11 Å². The molecule has 0 atom stereocenters. The maximum absolute atomic E-state index is 9.41. The van der Waals surface area contributed by atoms with Gasteiger partial charge < -0.3 is 10.8 Å². The Morgan fingerprint density at radius 1 is 1.36 bits per heavy atom. The second-order valence-corrected chi connectivity index (χ2v) is 3.15. The van der Waals surface area contributed by atoms with Crippen molar-refractivity contribution in [2.45, 2.75) is 0 Å². The van der Waals surface area contributed by atoms with Gasteiger partial charge >= 0.3 is 0 Å². The first-order valence-electron chi connectivity index (χ1n) is 4.25. The van der Waals surface area contributed by atoms with E-state index in [-0.39, 0.29) is 5.75 Å². The Morgan fingerprint density at radius 2 is 2.14 bits per heavy atom. The van der Waals surface area contributed by atoms with Crippen molar-refractivity contribution in [3.8, 4) is 17.0 Å². The molecule has 2 rings (SSSR count). The highest BCUT2D eigenvalue weighted by Crippen LogP contribution is 2.26. The van der Waals surface area contributed by atoms with Crippen molar-refractivity contribution in [3.63, 3.8) is 0 Å². The summed E-state index contributed by atoms with van der Waals surface area (Å²) in [7, 11) is 1.85. The summed E-state index contributed by atoms with van der Waals surface area (Å²) in [5.41, 5.74) is 7.56. The highest BCUT2D eigenvalue weighted by atomic mass is 16.3. The highest BCUT2D eigenvalue weighted by molar-refractivity contribution is 5.66. The molecule has 0 aliphatic heterocycles. The molecular formula is C10H11N3O. The van der Waals surface area contributed by atoms with Crippen molar-refractivity contribution in [2.24, 2.45) is 7.05 Å². The molecule has 4 heteroatoms. The quantitative estimate of drug-likeness (QED) is 0.526. The molecule has 0 amide bonds. The second-order valence-electron chi connectivity index (χ2n) is 3.15. The number of hydrogen-bond donors (Lipinski definition) is 2. The fourth-order valence-electron chi connectivity index (χ4n) is 1.27. The molecule has 0 aliphatic carbocycles. The standard InChI is InChI=1S/C10H11N3O/c1-13-5-4-9(12-13)7-2-3-8(11)10(14)6-7/h2-6,14H,11H2,1H3. The summed E-state index contributed by atoms with van der Waals surface area (Å²) in [6.07, 6.45) is 1.85. The van der Waals surface area contributed by atoms with Crippen molar-refractivity contribution >= 4 is 5.69 Å². The average Bonchev–Trinajstić information content (AvgIpc) is 2.57. The van der Waals surface area contributed by atoms with Crippen LogP contribution in [0.3, 0.4) is 0 Å². The largest absolute Gasteiger partial charge is 0.506 e. The molecular weight excluding hydrogens is 178 g/mol. The van der Waals surface area contributed by atoms with Crippen LogP contribution in [0.25, 0.3) is 11.3 Å². The lowest BCUT2D eigenvalue weighted by Gasteiger charge is -2.00. The van der Waals surface area contributed by atoms with E-state index in [1.165, 1.54) is 0 Å². The smallest absolute Gasteiger partial charge is 0.139 e. The van der Waals surface area contributed by atoms with Crippen LogP contribution in [0, 0.1) is 0 Å². The van der Waals surface area contributed by atoms with Gasteiger partial charge in [-0.3, -0.25) is 4.68 Å². The Morgan fingerprint density at radius 3 is 2.71 bits per heavy atom. The van der Waals surface area contributed by atoms with Crippen molar-refractivity contribution in [1.82, 2.24) is 9.78 Å². The zero-order valence-electron chi connectivity index (χ0n) is 7.81. The van der Waals surface area contributed by atoms with Gasteiger partial charge in [0.25, 0.3) is 0 Å². The van der Waals surface area contributed by atoms with E-state index in [0.717, 1.165) is 11.3 Å². The minimum absolute atomic E-state index is 0.0909. The predicted molar refractivity (Wildman–Crippen MR) is 54.7 cm³/mol. The minimum atomic E-state index is 0.0909. The van der Waals surface area contributed by atoms with Crippen LogP contribution < -0.4 is 5.73 Å². The molecule has 0 unspecified atom stereocenters. The highest BCUT2D eigenvalue weighted by Gasteiger charge is 2.03. The number of aromatic hydroxyl groups is 1. The maximum Gasteiger partial charge on any atom is 0.139 e. The zero-order chi connectivity index (χ0) is 10.1. The Hall–Kier alpha value is -1.97. The van der Waals surface area contributed by atoms with Gasteiger partial charge in [-0.1, -0.05) is 6.07 Å². The fraction of sp³-hybridized carbons (Fsp3) is 0.100. The van der Waals surface area contributed by atoms with Gasteiger partial charge in [-0.05, 0) is 18.2 Å². The number of aryl methyl sites for hydroxylation is 1. The molecule has 14 heavy (non-hydrogen) atoms. The van der Waals surface area contributed by atoms with Crippen molar-refractivity contribution in [1.29, 1.82) is 0 Å². The van der Waals surface area contributed by atoms with Crippen LogP contribution in [0.15, 0.2) is 30.5 Å². The molecule has 0 aliphatic rings. The van der Waals surface area contributed by atoms with Crippen molar-refractivity contribution in [2.75, 3.05) is 5.73 Å². The third-order valence-corrected chi connectivity index (χ3v) is 2.04. The summed E-state index contributed by atoms with van der Waals surface area (Å²) in [4.78, 5) is 0. The number of benzene rings is 1. The SMILES string of the molecule is Cn1ccc(-c2ccc(N)c(O)c2)n1. The Bertz CT molecular complexity index is 462. The average molecular weight is 189 g/mol. The van der Waals surface area contributed by atoms with E-state index in [9.17, 15) is 5.11 Å². The van der Waals surface area contributed by atoms with Crippen LogP contribution in [0.2, 0.25) is 0 Å². The summed E-state index contributed by atoms with van der Waals surface area (Å²) >= 11 is 0. The molecule has 2 aromatic rings.